The van der Waals surface area contributed by atoms with Gasteiger partial charge in [-0.1, -0.05) is 6.07 Å². The molecule has 1 aromatic carbocycles. The smallest absolute Gasteiger partial charge is 0.349 e. The van der Waals surface area contributed by atoms with E-state index in [2.05, 4.69) is 10.6 Å². The van der Waals surface area contributed by atoms with Crippen molar-refractivity contribution in [3.05, 3.63) is 40.3 Å². The van der Waals surface area contributed by atoms with E-state index in [0.29, 0.717) is 40.2 Å². The SMILES string of the molecule is Cc1cc(NC(=O)C2CC2)sc1C(=O)OC(C)C(=O)NC(C)c1ccc2c(c1)OCCO2. The number of thiophene rings is 1. The second-order valence-corrected chi connectivity index (χ2v) is 9.12. The average Bonchev–Trinajstić information content (AvgIpc) is 3.56. The first-order valence-electron chi connectivity index (χ1n) is 10.6. The Balaban J connectivity index is 1.33. The first-order chi connectivity index (χ1) is 15.3. The van der Waals surface area contributed by atoms with Gasteiger partial charge in [0.15, 0.2) is 17.6 Å². The normalized spacial score (nSPS) is 16.6. The van der Waals surface area contributed by atoms with Gasteiger partial charge in [0.1, 0.15) is 18.1 Å². The van der Waals surface area contributed by atoms with E-state index in [-0.39, 0.29) is 17.9 Å². The van der Waals surface area contributed by atoms with E-state index in [1.165, 1.54) is 6.92 Å². The van der Waals surface area contributed by atoms with Crippen LogP contribution >= 0.6 is 11.3 Å². The largest absolute Gasteiger partial charge is 0.486 e. The lowest BCUT2D eigenvalue weighted by molar-refractivity contribution is -0.129. The van der Waals surface area contributed by atoms with Gasteiger partial charge in [-0.2, -0.15) is 0 Å². The maximum absolute atomic E-state index is 12.6. The summed E-state index contributed by atoms with van der Waals surface area (Å²) in [6.07, 6.45) is 0.832. The summed E-state index contributed by atoms with van der Waals surface area (Å²) in [5, 5.41) is 6.30. The van der Waals surface area contributed by atoms with Crippen LogP contribution in [0, 0.1) is 12.8 Å². The van der Waals surface area contributed by atoms with Crippen LogP contribution in [0.3, 0.4) is 0 Å². The van der Waals surface area contributed by atoms with Crippen molar-refractivity contribution < 1.29 is 28.6 Å². The number of hydrogen-bond acceptors (Lipinski definition) is 7. The molecule has 2 amide bonds. The zero-order valence-corrected chi connectivity index (χ0v) is 19.0. The van der Waals surface area contributed by atoms with Gasteiger partial charge in [0.05, 0.1) is 11.0 Å². The van der Waals surface area contributed by atoms with Crippen molar-refractivity contribution >= 4 is 34.1 Å². The molecule has 2 N–H and O–H groups in total. The summed E-state index contributed by atoms with van der Waals surface area (Å²) in [5.41, 5.74) is 1.55. The molecule has 8 nitrogen and oxygen atoms in total. The van der Waals surface area contributed by atoms with Crippen LogP contribution in [-0.4, -0.2) is 37.1 Å². The third kappa shape index (κ3) is 5.04. The lowest BCUT2D eigenvalue weighted by Gasteiger charge is -2.22. The van der Waals surface area contributed by atoms with Gasteiger partial charge in [-0.3, -0.25) is 9.59 Å². The fourth-order valence-electron chi connectivity index (χ4n) is 3.33. The summed E-state index contributed by atoms with van der Waals surface area (Å²) in [7, 11) is 0. The Kier molecular flexibility index (Phi) is 6.36. The quantitative estimate of drug-likeness (QED) is 0.615. The third-order valence-corrected chi connectivity index (χ3v) is 6.51. The molecule has 2 aromatic rings. The zero-order chi connectivity index (χ0) is 22.8. The fraction of sp³-hybridized carbons (Fsp3) is 0.435. The summed E-state index contributed by atoms with van der Waals surface area (Å²) < 4.78 is 16.5. The summed E-state index contributed by atoms with van der Waals surface area (Å²) >= 11 is 1.15. The van der Waals surface area contributed by atoms with Crippen molar-refractivity contribution in [1.82, 2.24) is 5.32 Å². The second kappa shape index (κ2) is 9.20. The Morgan fingerprint density at radius 2 is 1.81 bits per heavy atom. The van der Waals surface area contributed by atoms with Gasteiger partial charge in [-0.05, 0) is 62.9 Å². The van der Waals surface area contributed by atoms with Gasteiger partial charge in [0.25, 0.3) is 5.91 Å². The predicted octanol–water partition coefficient (Wildman–Crippen LogP) is 3.60. The number of amides is 2. The zero-order valence-electron chi connectivity index (χ0n) is 18.2. The number of esters is 1. The standard InChI is InChI=1S/C23H26N2O6S/c1-12-10-19(25-22(27)15-4-5-15)32-20(12)23(28)31-14(3)21(26)24-13(2)16-6-7-17-18(11-16)30-9-8-29-17/h6-7,10-11,13-15H,4-5,8-9H2,1-3H3,(H,24,26)(H,25,27). The first-order valence-corrected chi connectivity index (χ1v) is 11.5. The van der Waals surface area contributed by atoms with Crippen LogP contribution in [0.2, 0.25) is 0 Å². The number of anilines is 1. The Labute approximate surface area is 190 Å². The Hall–Kier alpha value is -3.07. The monoisotopic (exact) mass is 458 g/mol. The van der Waals surface area contributed by atoms with E-state index in [9.17, 15) is 14.4 Å². The van der Waals surface area contributed by atoms with Crippen molar-refractivity contribution in [2.24, 2.45) is 5.92 Å². The average molecular weight is 459 g/mol. The number of rotatable bonds is 7. The predicted molar refractivity (Wildman–Crippen MR) is 119 cm³/mol. The summed E-state index contributed by atoms with van der Waals surface area (Å²) in [5.74, 6) is 0.387. The lowest BCUT2D eigenvalue weighted by Crippen LogP contribution is -2.37. The molecule has 9 heteroatoms. The Morgan fingerprint density at radius 1 is 1.09 bits per heavy atom. The van der Waals surface area contributed by atoms with Crippen LogP contribution in [-0.2, 0) is 14.3 Å². The molecule has 4 rings (SSSR count). The highest BCUT2D eigenvalue weighted by Crippen LogP contribution is 2.34. The van der Waals surface area contributed by atoms with Gasteiger partial charge in [-0.15, -0.1) is 11.3 Å². The fourth-order valence-corrected chi connectivity index (χ4v) is 4.28. The number of carbonyl (C=O) groups excluding carboxylic acids is 3. The van der Waals surface area contributed by atoms with Gasteiger partial charge in [0.2, 0.25) is 5.91 Å². The van der Waals surface area contributed by atoms with Crippen LogP contribution < -0.4 is 20.1 Å². The molecule has 0 spiro atoms. The molecule has 2 aliphatic rings. The number of hydrogen-bond donors (Lipinski definition) is 2. The minimum atomic E-state index is -0.979. The molecule has 2 atom stereocenters. The van der Waals surface area contributed by atoms with Crippen LogP contribution in [0.25, 0.3) is 0 Å². The summed E-state index contributed by atoms with van der Waals surface area (Å²) in [6.45, 7) is 6.14. The van der Waals surface area contributed by atoms with Crippen molar-refractivity contribution in [2.45, 2.75) is 45.8 Å². The molecule has 2 unspecified atom stereocenters. The van der Waals surface area contributed by atoms with Crippen molar-refractivity contribution in [3.63, 3.8) is 0 Å². The van der Waals surface area contributed by atoms with E-state index < -0.39 is 18.0 Å². The number of benzene rings is 1. The number of nitrogens with one attached hydrogen (secondary N) is 2. The van der Waals surface area contributed by atoms with Gasteiger partial charge in [-0.25, -0.2) is 4.79 Å². The second-order valence-electron chi connectivity index (χ2n) is 8.07. The first kappa shape index (κ1) is 22.1. The van der Waals surface area contributed by atoms with E-state index in [4.69, 9.17) is 14.2 Å². The number of ether oxygens (including phenoxy) is 3. The third-order valence-electron chi connectivity index (χ3n) is 5.38. The number of fused-ring (bicyclic) bond motifs is 1. The van der Waals surface area contributed by atoms with E-state index >= 15 is 0 Å². The highest BCUT2D eigenvalue weighted by molar-refractivity contribution is 7.18. The molecule has 1 aliphatic carbocycles. The van der Waals surface area contributed by atoms with Crippen LogP contribution in [0.15, 0.2) is 24.3 Å². The van der Waals surface area contributed by atoms with Crippen molar-refractivity contribution in [2.75, 3.05) is 18.5 Å². The maximum Gasteiger partial charge on any atom is 0.349 e. The van der Waals surface area contributed by atoms with Crippen LogP contribution in [0.4, 0.5) is 5.00 Å². The molecule has 0 bridgehead atoms. The summed E-state index contributed by atoms with van der Waals surface area (Å²) in [6, 6.07) is 6.95. The molecular formula is C23H26N2O6S. The lowest BCUT2D eigenvalue weighted by atomic mass is 10.1. The van der Waals surface area contributed by atoms with Gasteiger partial charge < -0.3 is 24.8 Å². The van der Waals surface area contributed by atoms with E-state index in [1.54, 1.807) is 13.0 Å². The number of aryl methyl sites for hydroxylation is 1. The van der Waals surface area contributed by atoms with Crippen molar-refractivity contribution in [1.29, 1.82) is 0 Å². The molecule has 32 heavy (non-hydrogen) atoms. The molecule has 0 radical (unpaired) electrons. The highest BCUT2D eigenvalue weighted by atomic mass is 32.1. The van der Waals surface area contributed by atoms with E-state index in [0.717, 1.165) is 29.7 Å². The topological polar surface area (TPSA) is 103 Å². The van der Waals surface area contributed by atoms with Crippen LogP contribution in [0.5, 0.6) is 11.5 Å². The van der Waals surface area contributed by atoms with Gasteiger partial charge in [0, 0.05) is 5.92 Å². The van der Waals surface area contributed by atoms with E-state index in [1.807, 2.05) is 25.1 Å². The minimum Gasteiger partial charge on any atom is -0.486 e. The van der Waals surface area contributed by atoms with Crippen LogP contribution in [0.1, 0.15) is 53.5 Å². The Bertz CT molecular complexity index is 1050. The molecule has 1 saturated carbocycles. The highest BCUT2D eigenvalue weighted by Gasteiger charge is 2.30. The molecule has 2 heterocycles. The molecule has 1 fully saturated rings. The molecule has 1 aliphatic heterocycles. The molecule has 170 valence electrons. The molecule has 1 aromatic heterocycles. The summed E-state index contributed by atoms with van der Waals surface area (Å²) in [4.78, 5) is 37.5. The molecule has 0 saturated heterocycles. The Morgan fingerprint density at radius 3 is 2.53 bits per heavy atom. The minimum absolute atomic E-state index is 0.0213. The number of carbonyl (C=O) groups is 3. The maximum atomic E-state index is 12.6. The molecular weight excluding hydrogens is 432 g/mol. The van der Waals surface area contributed by atoms with Gasteiger partial charge >= 0.3 is 5.97 Å². The van der Waals surface area contributed by atoms with Crippen molar-refractivity contribution in [3.8, 4) is 11.5 Å².